The number of amides is 3. The number of carbonyl (C=O) groups is 3. The zero-order valence-corrected chi connectivity index (χ0v) is 22.4. The van der Waals surface area contributed by atoms with Crippen molar-refractivity contribution in [2.24, 2.45) is 5.92 Å². The number of benzene rings is 1. The molecule has 3 rings (SSSR count). The van der Waals surface area contributed by atoms with Gasteiger partial charge in [0.1, 0.15) is 17.7 Å². The van der Waals surface area contributed by atoms with Gasteiger partial charge in [-0.3, -0.25) is 9.59 Å². The maximum absolute atomic E-state index is 13.9. The van der Waals surface area contributed by atoms with E-state index < -0.39 is 36.3 Å². The van der Waals surface area contributed by atoms with Crippen molar-refractivity contribution in [3.63, 3.8) is 0 Å². The lowest BCUT2D eigenvalue weighted by Gasteiger charge is -2.36. The van der Waals surface area contributed by atoms with Crippen LogP contribution in [0.25, 0.3) is 0 Å². The highest BCUT2D eigenvalue weighted by Crippen LogP contribution is 2.41. The standard InChI is InChI=1S/C28H43N3O5/c1-6-19-12-14-20(15-13-19)24(25(33)29-21-10-8-7-9-11-21)31(23-16-18(23)2)26(34)22(17-32)30-27(35)36-28(3,4)5/h12-15,18,21-24,32H,6-11,16-17H2,1-5H3,(H,29,33)(H,30,35). The van der Waals surface area contributed by atoms with Crippen LogP contribution < -0.4 is 10.6 Å². The van der Waals surface area contributed by atoms with E-state index in [1.165, 1.54) is 6.42 Å². The van der Waals surface area contributed by atoms with Crippen molar-refractivity contribution in [1.82, 2.24) is 15.5 Å². The van der Waals surface area contributed by atoms with Crippen molar-refractivity contribution in [2.45, 2.75) is 109 Å². The van der Waals surface area contributed by atoms with E-state index in [2.05, 4.69) is 17.6 Å². The summed E-state index contributed by atoms with van der Waals surface area (Å²) in [5.41, 5.74) is 1.12. The van der Waals surface area contributed by atoms with Crippen LogP contribution in [0.3, 0.4) is 0 Å². The molecule has 4 atom stereocenters. The predicted octanol–water partition coefficient (Wildman–Crippen LogP) is 3.86. The van der Waals surface area contributed by atoms with Crippen LogP contribution in [0.1, 0.15) is 90.3 Å². The average molecular weight is 502 g/mol. The molecule has 2 saturated carbocycles. The summed E-state index contributed by atoms with van der Waals surface area (Å²) in [5, 5.41) is 15.8. The van der Waals surface area contributed by atoms with E-state index in [9.17, 15) is 19.5 Å². The van der Waals surface area contributed by atoms with Gasteiger partial charge in [-0.25, -0.2) is 4.79 Å². The van der Waals surface area contributed by atoms with Crippen molar-refractivity contribution < 1.29 is 24.2 Å². The molecule has 2 fully saturated rings. The fourth-order valence-corrected chi connectivity index (χ4v) is 4.89. The molecule has 200 valence electrons. The van der Waals surface area contributed by atoms with Crippen molar-refractivity contribution in [1.29, 1.82) is 0 Å². The Bertz CT molecular complexity index is 905. The number of hydrogen-bond acceptors (Lipinski definition) is 5. The summed E-state index contributed by atoms with van der Waals surface area (Å²) in [6, 6.07) is 5.65. The lowest BCUT2D eigenvalue weighted by atomic mass is 9.94. The molecule has 4 unspecified atom stereocenters. The van der Waals surface area contributed by atoms with Crippen LogP contribution in [-0.4, -0.2) is 58.2 Å². The maximum atomic E-state index is 13.9. The fourth-order valence-electron chi connectivity index (χ4n) is 4.89. The van der Waals surface area contributed by atoms with E-state index >= 15 is 0 Å². The molecule has 2 aliphatic rings. The second-order valence-electron chi connectivity index (χ2n) is 11.2. The van der Waals surface area contributed by atoms with Gasteiger partial charge in [-0.1, -0.05) is 57.4 Å². The summed E-state index contributed by atoms with van der Waals surface area (Å²) in [5.74, 6) is -0.483. The quantitative estimate of drug-likeness (QED) is 0.476. The number of carbonyl (C=O) groups excluding carboxylic acids is 3. The highest BCUT2D eigenvalue weighted by atomic mass is 16.6. The van der Waals surface area contributed by atoms with Gasteiger partial charge in [0.2, 0.25) is 11.8 Å². The van der Waals surface area contributed by atoms with Crippen LogP contribution in [0.4, 0.5) is 4.79 Å². The zero-order valence-electron chi connectivity index (χ0n) is 22.4. The molecule has 0 aliphatic heterocycles. The molecule has 0 spiro atoms. The third kappa shape index (κ3) is 7.45. The monoisotopic (exact) mass is 501 g/mol. The smallest absolute Gasteiger partial charge is 0.408 e. The highest BCUT2D eigenvalue weighted by Gasteiger charge is 2.48. The molecule has 0 heterocycles. The van der Waals surface area contributed by atoms with Gasteiger partial charge in [0.15, 0.2) is 0 Å². The second-order valence-corrected chi connectivity index (χ2v) is 11.2. The van der Waals surface area contributed by atoms with Crippen molar-refractivity contribution in [3.05, 3.63) is 35.4 Å². The Morgan fingerprint density at radius 3 is 2.22 bits per heavy atom. The predicted molar refractivity (Wildman–Crippen MR) is 138 cm³/mol. The zero-order chi connectivity index (χ0) is 26.5. The van der Waals surface area contributed by atoms with E-state index in [-0.39, 0.29) is 23.9 Å². The minimum atomic E-state index is -1.22. The number of aliphatic hydroxyl groups is 1. The van der Waals surface area contributed by atoms with Gasteiger partial charge in [-0.05, 0) is 63.5 Å². The molecule has 8 nitrogen and oxygen atoms in total. The molecule has 0 bridgehead atoms. The maximum Gasteiger partial charge on any atom is 0.408 e. The van der Waals surface area contributed by atoms with E-state index in [0.717, 1.165) is 49.7 Å². The molecule has 3 N–H and O–H groups in total. The summed E-state index contributed by atoms with van der Waals surface area (Å²) >= 11 is 0. The average Bonchev–Trinajstić information content (AvgIpc) is 3.55. The first-order valence-electron chi connectivity index (χ1n) is 13.4. The third-order valence-electron chi connectivity index (χ3n) is 7.03. The molecule has 0 saturated heterocycles. The minimum Gasteiger partial charge on any atom is -0.444 e. The topological polar surface area (TPSA) is 108 Å². The Morgan fingerprint density at radius 1 is 1.11 bits per heavy atom. The number of hydrogen-bond donors (Lipinski definition) is 3. The van der Waals surface area contributed by atoms with E-state index in [1.807, 2.05) is 31.2 Å². The SMILES string of the molecule is CCc1ccc(C(C(=O)NC2CCCCC2)N(C(=O)C(CO)NC(=O)OC(C)(C)C)C2CC2C)cc1. The first kappa shape index (κ1) is 28.0. The van der Waals surface area contributed by atoms with Crippen molar-refractivity contribution >= 4 is 17.9 Å². The molecular weight excluding hydrogens is 458 g/mol. The number of aryl methyl sites for hydroxylation is 1. The molecule has 1 aromatic rings. The Morgan fingerprint density at radius 2 is 1.72 bits per heavy atom. The molecule has 36 heavy (non-hydrogen) atoms. The first-order chi connectivity index (χ1) is 17.0. The number of ether oxygens (including phenoxy) is 1. The van der Waals surface area contributed by atoms with Crippen LogP contribution in [0, 0.1) is 5.92 Å². The number of nitrogens with zero attached hydrogens (tertiary/aromatic N) is 1. The fraction of sp³-hybridized carbons (Fsp3) is 0.679. The number of nitrogens with one attached hydrogen (secondary N) is 2. The van der Waals surface area contributed by atoms with Crippen LogP contribution in [0.5, 0.6) is 0 Å². The largest absolute Gasteiger partial charge is 0.444 e. The number of aliphatic hydroxyl groups excluding tert-OH is 1. The summed E-state index contributed by atoms with van der Waals surface area (Å²) in [6.45, 7) is 8.69. The van der Waals surface area contributed by atoms with Crippen LogP contribution in [0.2, 0.25) is 0 Å². The summed E-state index contributed by atoms with van der Waals surface area (Å²) in [7, 11) is 0. The van der Waals surface area contributed by atoms with E-state index in [1.54, 1.807) is 25.7 Å². The Kier molecular flexibility index (Phi) is 9.39. The molecular formula is C28H43N3O5. The Hall–Kier alpha value is -2.61. The van der Waals surface area contributed by atoms with E-state index in [0.29, 0.717) is 0 Å². The van der Waals surface area contributed by atoms with Crippen LogP contribution in [0.15, 0.2) is 24.3 Å². The van der Waals surface area contributed by atoms with Gasteiger partial charge in [0.05, 0.1) is 6.61 Å². The second kappa shape index (κ2) is 12.1. The molecule has 8 heteroatoms. The number of alkyl carbamates (subject to hydrolysis) is 1. The van der Waals surface area contributed by atoms with E-state index in [4.69, 9.17) is 4.74 Å². The Balaban J connectivity index is 1.92. The molecule has 0 radical (unpaired) electrons. The molecule has 3 amide bonds. The van der Waals surface area contributed by atoms with Crippen LogP contribution in [-0.2, 0) is 20.7 Å². The molecule has 0 aromatic heterocycles. The Labute approximate surface area is 215 Å². The molecule has 2 aliphatic carbocycles. The third-order valence-corrected chi connectivity index (χ3v) is 7.03. The lowest BCUT2D eigenvalue weighted by molar-refractivity contribution is -0.144. The highest BCUT2D eigenvalue weighted by molar-refractivity contribution is 5.92. The van der Waals surface area contributed by atoms with Gasteiger partial charge >= 0.3 is 6.09 Å². The number of rotatable bonds is 9. The van der Waals surface area contributed by atoms with Gasteiger partial charge in [0, 0.05) is 12.1 Å². The van der Waals surface area contributed by atoms with Gasteiger partial charge in [-0.15, -0.1) is 0 Å². The minimum absolute atomic E-state index is 0.0887. The summed E-state index contributed by atoms with van der Waals surface area (Å²) in [6.07, 6.45) is 6.04. The normalized spacial score (nSPS) is 21.7. The van der Waals surface area contributed by atoms with Gasteiger partial charge in [0.25, 0.3) is 0 Å². The van der Waals surface area contributed by atoms with Crippen molar-refractivity contribution in [3.8, 4) is 0 Å². The summed E-state index contributed by atoms with van der Waals surface area (Å²) in [4.78, 5) is 41.6. The first-order valence-corrected chi connectivity index (χ1v) is 13.4. The summed E-state index contributed by atoms with van der Waals surface area (Å²) < 4.78 is 5.30. The van der Waals surface area contributed by atoms with Crippen molar-refractivity contribution in [2.75, 3.05) is 6.61 Å². The molecule has 1 aromatic carbocycles. The van der Waals surface area contributed by atoms with Crippen LogP contribution >= 0.6 is 0 Å². The lowest BCUT2D eigenvalue weighted by Crippen LogP contribution is -2.56. The van der Waals surface area contributed by atoms with Gasteiger partial charge < -0.3 is 25.4 Å². The van der Waals surface area contributed by atoms with Gasteiger partial charge in [-0.2, -0.15) is 0 Å².